The molecular formula is C12H15BrO4. The number of hydrogen-bond donors (Lipinski definition) is 0. The van der Waals surface area contributed by atoms with Gasteiger partial charge in [-0.25, -0.2) is 0 Å². The fraction of sp³-hybridized carbons (Fsp3) is 0.417. The molecule has 0 saturated carbocycles. The highest BCUT2D eigenvalue weighted by Crippen LogP contribution is 2.13. The molecular weight excluding hydrogens is 288 g/mol. The third-order valence-corrected chi connectivity index (χ3v) is 2.55. The molecule has 94 valence electrons. The van der Waals surface area contributed by atoms with Gasteiger partial charge in [0.05, 0.1) is 18.5 Å². The first-order valence-electron chi connectivity index (χ1n) is 5.16. The molecule has 17 heavy (non-hydrogen) atoms. The second-order valence-electron chi connectivity index (χ2n) is 3.24. The van der Waals surface area contributed by atoms with Gasteiger partial charge >= 0.3 is 0 Å². The summed E-state index contributed by atoms with van der Waals surface area (Å²) in [6.07, 6.45) is 0. The average molecular weight is 303 g/mol. The van der Waals surface area contributed by atoms with Gasteiger partial charge in [0, 0.05) is 12.7 Å². The average Bonchev–Trinajstić information content (AvgIpc) is 2.38. The van der Waals surface area contributed by atoms with Crippen LogP contribution in [0.15, 0.2) is 24.3 Å². The van der Waals surface area contributed by atoms with E-state index >= 15 is 0 Å². The van der Waals surface area contributed by atoms with E-state index in [2.05, 4.69) is 15.9 Å². The van der Waals surface area contributed by atoms with E-state index in [1.54, 1.807) is 31.4 Å². The normalized spacial score (nSPS) is 10.2. The Bertz CT molecular complexity index is 337. The summed E-state index contributed by atoms with van der Waals surface area (Å²) < 4.78 is 15.3. The number of carbonyl (C=O) groups is 1. The molecule has 0 bridgehead atoms. The van der Waals surface area contributed by atoms with Gasteiger partial charge < -0.3 is 14.2 Å². The van der Waals surface area contributed by atoms with Gasteiger partial charge in [-0.1, -0.05) is 15.9 Å². The first kappa shape index (κ1) is 14.2. The maximum atomic E-state index is 11.3. The van der Waals surface area contributed by atoms with Gasteiger partial charge in [0.1, 0.15) is 5.75 Å². The fourth-order valence-electron chi connectivity index (χ4n) is 1.13. The summed E-state index contributed by atoms with van der Waals surface area (Å²) in [6.45, 7) is 1.22. The smallest absolute Gasteiger partial charge is 0.189 e. The predicted octanol–water partition coefficient (Wildman–Crippen LogP) is 2.26. The summed E-state index contributed by atoms with van der Waals surface area (Å²) in [7, 11) is 1.61. The van der Waals surface area contributed by atoms with Crippen LogP contribution in [0.4, 0.5) is 0 Å². The van der Waals surface area contributed by atoms with Crippen molar-refractivity contribution in [3.63, 3.8) is 0 Å². The summed E-state index contributed by atoms with van der Waals surface area (Å²) >= 11 is 3.12. The van der Waals surface area contributed by atoms with Crippen molar-refractivity contribution in [3.8, 4) is 5.75 Å². The molecule has 0 heterocycles. The molecule has 1 aromatic carbocycles. The number of hydrogen-bond acceptors (Lipinski definition) is 4. The molecule has 0 aliphatic rings. The zero-order chi connectivity index (χ0) is 12.5. The zero-order valence-electron chi connectivity index (χ0n) is 9.65. The molecule has 0 aliphatic carbocycles. The Morgan fingerprint density at radius 3 is 2.53 bits per heavy atom. The van der Waals surface area contributed by atoms with Crippen LogP contribution in [0, 0.1) is 0 Å². The van der Waals surface area contributed by atoms with E-state index in [-0.39, 0.29) is 12.6 Å². The zero-order valence-corrected chi connectivity index (χ0v) is 11.2. The summed E-state index contributed by atoms with van der Waals surface area (Å²) in [5.41, 5.74) is 0.662. The Balaban J connectivity index is 2.33. The highest BCUT2D eigenvalue weighted by Gasteiger charge is 2.03. The second-order valence-corrected chi connectivity index (χ2v) is 3.81. The van der Waals surface area contributed by atoms with Gasteiger partial charge in [0.25, 0.3) is 0 Å². The first-order chi connectivity index (χ1) is 8.27. The highest BCUT2D eigenvalue weighted by atomic mass is 79.9. The number of methoxy groups -OCH3 is 1. The van der Waals surface area contributed by atoms with Crippen molar-refractivity contribution in [2.24, 2.45) is 0 Å². The molecule has 5 heteroatoms. The Kier molecular flexibility index (Phi) is 6.84. The molecule has 1 rings (SSSR count). The van der Waals surface area contributed by atoms with Crippen LogP contribution >= 0.6 is 15.9 Å². The van der Waals surface area contributed by atoms with Gasteiger partial charge in [-0.2, -0.15) is 0 Å². The lowest BCUT2D eigenvalue weighted by molar-refractivity contribution is -0.00847. The largest absolute Gasteiger partial charge is 0.468 e. The molecule has 0 saturated heterocycles. The molecule has 0 unspecified atom stereocenters. The van der Waals surface area contributed by atoms with Crippen molar-refractivity contribution in [3.05, 3.63) is 29.8 Å². The van der Waals surface area contributed by atoms with Crippen LogP contribution < -0.4 is 4.74 Å². The molecule has 0 aromatic heterocycles. The first-order valence-corrected chi connectivity index (χ1v) is 6.28. The monoisotopic (exact) mass is 302 g/mol. The lowest BCUT2D eigenvalue weighted by atomic mass is 10.1. The van der Waals surface area contributed by atoms with E-state index in [9.17, 15) is 4.79 Å². The van der Waals surface area contributed by atoms with Gasteiger partial charge in [-0.05, 0) is 24.3 Å². The number of alkyl halides is 1. The summed E-state index contributed by atoms with van der Waals surface area (Å²) in [5.74, 6) is 0.724. The van der Waals surface area contributed by atoms with Crippen molar-refractivity contribution < 1.29 is 19.0 Å². The third-order valence-electron chi connectivity index (χ3n) is 2.04. The van der Waals surface area contributed by atoms with E-state index in [4.69, 9.17) is 14.2 Å². The topological polar surface area (TPSA) is 44.8 Å². The summed E-state index contributed by atoms with van der Waals surface area (Å²) in [4.78, 5) is 11.3. The van der Waals surface area contributed by atoms with Crippen LogP contribution in [0.5, 0.6) is 5.75 Å². The Hall–Kier alpha value is -0.910. The van der Waals surface area contributed by atoms with Gasteiger partial charge in [-0.15, -0.1) is 0 Å². The van der Waals surface area contributed by atoms with Crippen LogP contribution in [0.25, 0.3) is 0 Å². The Morgan fingerprint density at radius 1 is 1.24 bits per heavy atom. The lowest BCUT2D eigenvalue weighted by Crippen LogP contribution is -2.08. The number of ketones is 1. The van der Waals surface area contributed by atoms with Crippen molar-refractivity contribution in [1.82, 2.24) is 0 Å². The maximum absolute atomic E-state index is 11.3. The summed E-state index contributed by atoms with van der Waals surface area (Å²) in [5, 5.41) is 0.327. The van der Waals surface area contributed by atoms with Gasteiger partial charge in [0.2, 0.25) is 0 Å². The van der Waals surface area contributed by atoms with Gasteiger partial charge in [-0.3, -0.25) is 4.79 Å². The van der Waals surface area contributed by atoms with Crippen LogP contribution in [0.1, 0.15) is 10.4 Å². The minimum absolute atomic E-state index is 0.0490. The molecule has 0 radical (unpaired) electrons. The Labute approximate surface area is 109 Å². The fourth-order valence-corrected chi connectivity index (χ4v) is 1.45. The molecule has 0 N–H and O–H groups in total. The van der Waals surface area contributed by atoms with Crippen molar-refractivity contribution in [2.45, 2.75) is 0 Å². The third kappa shape index (κ3) is 5.30. The van der Waals surface area contributed by atoms with E-state index in [1.807, 2.05) is 0 Å². The number of Topliss-reactive ketones (excluding diaryl/α,β-unsaturated/α-hetero) is 1. The number of carbonyl (C=O) groups excluding carboxylic acids is 1. The minimum atomic E-state index is 0.0490. The number of benzene rings is 1. The maximum Gasteiger partial charge on any atom is 0.189 e. The predicted molar refractivity (Wildman–Crippen MR) is 67.9 cm³/mol. The van der Waals surface area contributed by atoms with Crippen LogP contribution in [-0.4, -0.2) is 38.2 Å². The van der Waals surface area contributed by atoms with Crippen LogP contribution in [-0.2, 0) is 9.47 Å². The number of rotatable bonds is 8. The van der Waals surface area contributed by atoms with E-state index < -0.39 is 0 Å². The quantitative estimate of drug-likeness (QED) is 0.320. The highest BCUT2D eigenvalue weighted by molar-refractivity contribution is 9.09. The van der Waals surface area contributed by atoms with Crippen molar-refractivity contribution in [2.75, 3.05) is 32.4 Å². The number of ether oxygens (including phenoxy) is 3. The van der Waals surface area contributed by atoms with E-state index in [1.165, 1.54) is 0 Å². The molecule has 0 aliphatic heterocycles. The molecule has 0 spiro atoms. The Morgan fingerprint density at radius 2 is 1.94 bits per heavy atom. The second kappa shape index (κ2) is 8.22. The number of halogens is 1. The minimum Gasteiger partial charge on any atom is -0.468 e. The molecule has 0 fully saturated rings. The van der Waals surface area contributed by atoms with Crippen LogP contribution in [0.3, 0.4) is 0 Å². The van der Waals surface area contributed by atoms with E-state index in [0.717, 1.165) is 0 Å². The van der Waals surface area contributed by atoms with Crippen molar-refractivity contribution in [1.29, 1.82) is 0 Å². The molecule has 0 atom stereocenters. The van der Waals surface area contributed by atoms with E-state index in [0.29, 0.717) is 29.9 Å². The standard InChI is InChI=1S/C12H15BrO4/c1-15-6-7-16-9-17-11-4-2-10(3-5-11)12(14)8-13/h2-5H,6-9H2,1H3. The molecule has 4 nitrogen and oxygen atoms in total. The SMILES string of the molecule is COCCOCOc1ccc(C(=O)CBr)cc1. The summed E-state index contributed by atoms with van der Waals surface area (Å²) in [6, 6.07) is 6.95. The van der Waals surface area contributed by atoms with Crippen molar-refractivity contribution >= 4 is 21.7 Å². The van der Waals surface area contributed by atoms with Gasteiger partial charge in [0.15, 0.2) is 12.6 Å². The molecule has 1 aromatic rings. The van der Waals surface area contributed by atoms with Crippen LogP contribution in [0.2, 0.25) is 0 Å². The lowest BCUT2D eigenvalue weighted by Gasteiger charge is -2.07. The molecule has 0 amide bonds.